The quantitative estimate of drug-likeness (QED) is 0.867. The summed E-state index contributed by atoms with van der Waals surface area (Å²) < 4.78 is 0. The molecule has 7 heteroatoms. The first kappa shape index (κ1) is 17.5. The molecule has 2 saturated heterocycles. The van der Waals surface area contributed by atoms with Crippen molar-refractivity contribution in [3.63, 3.8) is 0 Å². The van der Waals surface area contributed by atoms with E-state index in [2.05, 4.69) is 26.6 Å². The van der Waals surface area contributed by atoms with Crippen LogP contribution in [0.4, 0.5) is 10.6 Å². The first-order chi connectivity index (χ1) is 12.1. The van der Waals surface area contributed by atoms with E-state index in [1.807, 2.05) is 12.3 Å². The highest BCUT2D eigenvalue weighted by atomic mass is 16.2. The summed E-state index contributed by atoms with van der Waals surface area (Å²) in [5.41, 5.74) is 1.06. The summed E-state index contributed by atoms with van der Waals surface area (Å²) in [5.74, 6) is 0.950. The van der Waals surface area contributed by atoms with Crippen LogP contribution in [0, 0.1) is 0 Å². The molecule has 7 nitrogen and oxygen atoms in total. The van der Waals surface area contributed by atoms with Crippen molar-refractivity contribution in [1.29, 1.82) is 0 Å². The van der Waals surface area contributed by atoms with Gasteiger partial charge in [0.1, 0.15) is 5.82 Å². The minimum Gasteiger partial charge on any atom is -0.357 e. The SMILES string of the molecule is CC(=O)N[C@@H]1CCCN(C(=O)NCc2ccnc(N3CCCC3)c2)C1. The van der Waals surface area contributed by atoms with Gasteiger partial charge in [0.05, 0.1) is 0 Å². The van der Waals surface area contributed by atoms with Crippen molar-refractivity contribution in [3.05, 3.63) is 23.9 Å². The number of aromatic nitrogens is 1. The molecule has 0 unspecified atom stereocenters. The fraction of sp³-hybridized carbons (Fsp3) is 0.611. The summed E-state index contributed by atoms with van der Waals surface area (Å²) in [6.45, 7) is 5.42. The van der Waals surface area contributed by atoms with E-state index in [1.54, 1.807) is 4.90 Å². The number of amides is 3. The molecule has 136 valence electrons. The number of anilines is 1. The van der Waals surface area contributed by atoms with Crippen molar-refractivity contribution < 1.29 is 9.59 Å². The molecule has 3 heterocycles. The second-order valence-electron chi connectivity index (χ2n) is 6.86. The number of carbonyl (C=O) groups excluding carboxylic acids is 2. The maximum absolute atomic E-state index is 12.4. The van der Waals surface area contributed by atoms with Gasteiger partial charge in [-0.25, -0.2) is 9.78 Å². The van der Waals surface area contributed by atoms with Crippen LogP contribution in [0.25, 0.3) is 0 Å². The molecule has 2 fully saturated rings. The molecule has 1 aromatic rings. The lowest BCUT2D eigenvalue weighted by Crippen LogP contribution is -2.51. The molecule has 3 amide bonds. The third-order valence-electron chi connectivity index (χ3n) is 4.80. The van der Waals surface area contributed by atoms with Crippen LogP contribution in [0.5, 0.6) is 0 Å². The molecule has 0 aromatic carbocycles. The van der Waals surface area contributed by atoms with E-state index in [-0.39, 0.29) is 18.0 Å². The average molecular weight is 345 g/mol. The van der Waals surface area contributed by atoms with Gasteiger partial charge >= 0.3 is 6.03 Å². The molecule has 0 aliphatic carbocycles. The zero-order valence-corrected chi connectivity index (χ0v) is 14.8. The zero-order chi connectivity index (χ0) is 17.6. The van der Waals surface area contributed by atoms with E-state index in [9.17, 15) is 9.59 Å². The number of nitrogens with zero attached hydrogens (tertiary/aromatic N) is 3. The third kappa shape index (κ3) is 4.84. The number of piperidine rings is 1. The number of hydrogen-bond donors (Lipinski definition) is 2. The van der Waals surface area contributed by atoms with Crippen molar-refractivity contribution in [3.8, 4) is 0 Å². The lowest BCUT2D eigenvalue weighted by Gasteiger charge is -2.33. The Morgan fingerprint density at radius 2 is 2.04 bits per heavy atom. The molecular formula is C18H27N5O2. The van der Waals surface area contributed by atoms with Crippen LogP contribution in [-0.4, -0.2) is 54.0 Å². The first-order valence-corrected chi connectivity index (χ1v) is 9.11. The van der Waals surface area contributed by atoms with Crippen molar-refractivity contribution in [2.75, 3.05) is 31.1 Å². The predicted molar refractivity (Wildman–Crippen MR) is 96.3 cm³/mol. The summed E-state index contributed by atoms with van der Waals surface area (Å²) >= 11 is 0. The minimum absolute atomic E-state index is 0.0431. The standard InChI is InChI=1S/C18H27N5O2/c1-14(24)21-16-5-4-10-23(13-16)18(25)20-12-15-6-7-19-17(11-15)22-8-2-3-9-22/h6-7,11,16H,2-5,8-10,12-13H2,1H3,(H,20,25)(H,21,24)/t16-/m1/s1. The molecule has 1 aromatic heterocycles. The van der Waals surface area contributed by atoms with E-state index in [1.165, 1.54) is 19.8 Å². The van der Waals surface area contributed by atoms with Crippen LogP contribution in [0.1, 0.15) is 38.2 Å². The van der Waals surface area contributed by atoms with Crippen LogP contribution < -0.4 is 15.5 Å². The molecular weight excluding hydrogens is 318 g/mol. The number of urea groups is 1. The van der Waals surface area contributed by atoms with Crippen LogP contribution in [0.15, 0.2) is 18.3 Å². The van der Waals surface area contributed by atoms with Crippen molar-refractivity contribution in [2.45, 2.75) is 45.2 Å². The monoisotopic (exact) mass is 345 g/mol. The van der Waals surface area contributed by atoms with Gasteiger partial charge in [0.15, 0.2) is 0 Å². The first-order valence-electron chi connectivity index (χ1n) is 9.11. The van der Waals surface area contributed by atoms with Crippen LogP contribution in [0.3, 0.4) is 0 Å². The highest BCUT2D eigenvalue weighted by Crippen LogP contribution is 2.18. The second-order valence-corrected chi connectivity index (χ2v) is 6.86. The number of hydrogen-bond acceptors (Lipinski definition) is 4. The van der Waals surface area contributed by atoms with Crippen molar-refractivity contribution >= 4 is 17.8 Å². The highest BCUT2D eigenvalue weighted by Gasteiger charge is 2.24. The topological polar surface area (TPSA) is 77.6 Å². The summed E-state index contributed by atoms with van der Waals surface area (Å²) in [4.78, 5) is 32.1. The molecule has 2 N–H and O–H groups in total. The Balaban J connectivity index is 1.51. The number of rotatable bonds is 4. The molecule has 0 radical (unpaired) electrons. The maximum Gasteiger partial charge on any atom is 0.317 e. The van der Waals surface area contributed by atoms with E-state index in [0.717, 1.165) is 43.9 Å². The Labute approximate surface area is 148 Å². The Hall–Kier alpha value is -2.31. The third-order valence-corrected chi connectivity index (χ3v) is 4.80. The fourth-order valence-electron chi connectivity index (χ4n) is 3.55. The lowest BCUT2D eigenvalue weighted by molar-refractivity contribution is -0.119. The number of pyridine rings is 1. The van der Waals surface area contributed by atoms with E-state index in [4.69, 9.17) is 0 Å². The minimum atomic E-state index is -0.0745. The van der Waals surface area contributed by atoms with Gasteiger partial charge in [0.2, 0.25) is 5.91 Å². The second kappa shape index (κ2) is 8.18. The largest absolute Gasteiger partial charge is 0.357 e. The molecule has 3 rings (SSSR count). The summed E-state index contributed by atoms with van der Waals surface area (Å²) in [6.07, 6.45) is 6.07. The average Bonchev–Trinajstić information content (AvgIpc) is 3.14. The molecule has 0 saturated carbocycles. The molecule has 0 bridgehead atoms. The molecule has 1 atom stereocenters. The summed E-state index contributed by atoms with van der Waals surface area (Å²) in [6, 6.07) is 3.98. The Kier molecular flexibility index (Phi) is 5.73. The predicted octanol–water partition coefficient (Wildman–Crippen LogP) is 1.49. The molecule has 2 aliphatic rings. The summed E-state index contributed by atoms with van der Waals surface area (Å²) in [7, 11) is 0. The van der Waals surface area contributed by atoms with E-state index < -0.39 is 0 Å². The lowest BCUT2D eigenvalue weighted by atomic mass is 10.1. The van der Waals surface area contributed by atoms with Gasteiger partial charge in [-0.3, -0.25) is 4.79 Å². The van der Waals surface area contributed by atoms with Crippen LogP contribution >= 0.6 is 0 Å². The van der Waals surface area contributed by atoms with Crippen molar-refractivity contribution in [2.24, 2.45) is 0 Å². The van der Waals surface area contributed by atoms with Gasteiger partial charge in [-0.1, -0.05) is 0 Å². The van der Waals surface area contributed by atoms with Gasteiger partial charge in [-0.05, 0) is 43.4 Å². The number of carbonyl (C=O) groups is 2. The number of nitrogens with one attached hydrogen (secondary N) is 2. The zero-order valence-electron chi connectivity index (χ0n) is 14.8. The number of likely N-dealkylation sites (tertiary alicyclic amines) is 1. The molecule has 25 heavy (non-hydrogen) atoms. The molecule has 0 spiro atoms. The van der Waals surface area contributed by atoms with E-state index in [0.29, 0.717) is 13.1 Å². The van der Waals surface area contributed by atoms with Gasteiger partial charge in [0, 0.05) is 51.9 Å². The van der Waals surface area contributed by atoms with Gasteiger partial charge < -0.3 is 20.4 Å². The Bertz CT molecular complexity index is 615. The highest BCUT2D eigenvalue weighted by molar-refractivity contribution is 5.75. The fourth-order valence-corrected chi connectivity index (χ4v) is 3.55. The Morgan fingerprint density at radius 3 is 2.80 bits per heavy atom. The van der Waals surface area contributed by atoms with Crippen LogP contribution in [-0.2, 0) is 11.3 Å². The van der Waals surface area contributed by atoms with Crippen molar-refractivity contribution in [1.82, 2.24) is 20.5 Å². The van der Waals surface area contributed by atoms with E-state index >= 15 is 0 Å². The normalized spacial score (nSPS) is 20.4. The smallest absolute Gasteiger partial charge is 0.317 e. The summed E-state index contributed by atoms with van der Waals surface area (Å²) in [5, 5.41) is 5.89. The molecule has 2 aliphatic heterocycles. The Morgan fingerprint density at radius 1 is 1.24 bits per heavy atom. The van der Waals surface area contributed by atoms with Gasteiger partial charge in [-0.2, -0.15) is 0 Å². The maximum atomic E-state index is 12.4. The van der Waals surface area contributed by atoms with Crippen LogP contribution in [0.2, 0.25) is 0 Å². The van der Waals surface area contributed by atoms with Gasteiger partial charge in [0.25, 0.3) is 0 Å². The van der Waals surface area contributed by atoms with Gasteiger partial charge in [-0.15, -0.1) is 0 Å².